The number of rotatable bonds is 1. The maximum atomic E-state index is 13.6. The van der Waals surface area contributed by atoms with E-state index in [9.17, 15) is 4.39 Å². The molecule has 82 valence electrons. The highest BCUT2D eigenvalue weighted by Crippen LogP contribution is 2.29. The average molecular weight is 256 g/mol. The van der Waals surface area contributed by atoms with Crippen LogP contribution in [-0.2, 0) is 0 Å². The fourth-order valence-corrected chi connectivity index (χ4v) is 1.76. The summed E-state index contributed by atoms with van der Waals surface area (Å²) in [6, 6.07) is 9.49. The second kappa shape index (κ2) is 4.32. The molecule has 0 heterocycles. The van der Waals surface area contributed by atoms with Gasteiger partial charge in [0.15, 0.2) is 0 Å². The highest BCUT2D eigenvalue weighted by Gasteiger charge is 2.07. The number of benzene rings is 2. The Labute approximate surface area is 103 Å². The van der Waals surface area contributed by atoms with Crippen molar-refractivity contribution < 1.29 is 4.39 Å². The van der Waals surface area contributed by atoms with Crippen molar-refractivity contribution >= 4 is 28.9 Å². The van der Waals surface area contributed by atoms with E-state index in [2.05, 4.69) is 0 Å². The highest BCUT2D eigenvalue weighted by molar-refractivity contribution is 6.33. The molecular formula is C12H8Cl2FN. The zero-order chi connectivity index (χ0) is 11.7. The quantitative estimate of drug-likeness (QED) is 0.752. The first kappa shape index (κ1) is 11.2. The molecule has 0 spiro atoms. The van der Waals surface area contributed by atoms with Gasteiger partial charge in [0.05, 0.1) is 10.7 Å². The number of anilines is 1. The molecule has 0 saturated carbocycles. The molecule has 0 aliphatic heterocycles. The Morgan fingerprint density at radius 1 is 1.00 bits per heavy atom. The Balaban J connectivity index is 2.54. The van der Waals surface area contributed by atoms with Gasteiger partial charge in [-0.25, -0.2) is 4.39 Å². The third kappa shape index (κ3) is 2.13. The summed E-state index contributed by atoms with van der Waals surface area (Å²) in [6.45, 7) is 0. The molecule has 2 N–H and O–H groups in total. The number of nitrogens with two attached hydrogens (primary N) is 1. The lowest BCUT2D eigenvalue weighted by Crippen LogP contribution is -1.88. The van der Waals surface area contributed by atoms with E-state index in [1.54, 1.807) is 30.3 Å². The molecule has 0 atom stereocenters. The summed E-state index contributed by atoms with van der Waals surface area (Å²) >= 11 is 11.5. The van der Waals surface area contributed by atoms with Crippen molar-refractivity contribution in [3.63, 3.8) is 0 Å². The van der Waals surface area contributed by atoms with Gasteiger partial charge in [0.2, 0.25) is 0 Å². The molecule has 0 saturated heterocycles. The molecule has 0 fully saturated rings. The third-order valence-electron chi connectivity index (χ3n) is 2.24. The van der Waals surface area contributed by atoms with Gasteiger partial charge in [0, 0.05) is 10.6 Å². The SMILES string of the molecule is Nc1ccc(-c2ccc(Cl)cc2F)cc1Cl. The lowest BCUT2D eigenvalue weighted by molar-refractivity contribution is 0.631. The molecule has 1 nitrogen and oxygen atoms in total. The van der Waals surface area contributed by atoms with Gasteiger partial charge in [0.1, 0.15) is 5.82 Å². The summed E-state index contributed by atoms with van der Waals surface area (Å²) in [6.07, 6.45) is 0. The summed E-state index contributed by atoms with van der Waals surface area (Å²) in [5.74, 6) is -0.381. The Morgan fingerprint density at radius 2 is 1.75 bits per heavy atom. The van der Waals surface area contributed by atoms with Crippen LogP contribution >= 0.6 is 23.2 Å². The second-order valence-corrected chi connectivity index (χ2v) is 4.20. The lowest BCUT2D eigenvalue weighted by atomic mass is 10.0. The van der Waals surface area contributed by atoms with Gasteiger partial charge in [-0.15, -0.1) is 0 Å². The number of hydrogen-bond acceptors (Lipinski definition) is 1. The summed E-state index contributed by atoms with van der Waals surface area (Å²) in [5.41, 5.74) is 7.18. The van der Waals surface area contributed by atoms with E-state index in [-0.39, 0.29) is 5.82 Å². The van der Waals surface area contributed by atoms with Crippen LogP contribution in [0, 0.1) is 5.82 Å². The minimum absolute atomic E-state index is 0.364. The normalized spacial score (nSPS) is 10.4. The standard InChI is InChI=1S/C12H8Cl2FN/c13-8-2-3-9(11(15)6-8)7-1-4-12(16)10(14)5-7/h1-6H,16H2. The van der Waals surface area contributed by atoms with Crippen LogP contribution in [0.5, 0.6) is 0 Å². The topological polar surface area (TPSA) is 26.0 Å². The van der Waals surface area contributed by atoms with Crippen LogP contribution in [0.2, 0.25) is 10.0 Å². The number of nitrogen functional groups attached to an aromatic ring is 1. The lowest BCUT2D eigenvalue weighted by Gasteiger charge is -2.05. The monoisotopic (exact) mass is 255 g/mol. The van der Waals surface area contributed by atoms with Crippen molar-refractivity contribution in [2.75, 3.05) is 5.73 Å². The van der Waals surface area contributed by atoms with Crippen molar-refractivity contribution in [3.8, 4) is 11.1 Å². The zero-order valence-corrected chi connectivity index (χ0v) is 9.69. The Hall–Kier alpha value is -1.25. The van der Waals surface area contributed by atoms with Gasteiger partial charge >= 0.3 is 0 Å². The van der Waals surface area contributed by atoms with Gasteiger partial charge < -0.3 is 5.73 Å². The van der Waals surface area contributed by atoms with Gasteiger partial charge in [-0.05, 0) is 35.9 Å². The molecule has 0 bridgehead atoms. The van der Waals surface area contributed by atoms with Crippen molar-refractivity contribution in [1.82, 2.24) is 0 Å². The van der Waals surface area contributed by atoms with Crippen LogP contribution in [0.1, 0.15) is 0 Å². The summed E-state index contributed by atoms with van der Waals surface area (Å²) in [7, 11) is 0. The molecule has 2 aromatic carbocycles. The molecule has 16 heavy (non-hydrogen) atoms. The number of hydrogen-bond donors (Lipinski definition) is 1. The van der Waals surface area contributed by atoms with Crippen molar-refractivity contribution in [3.05, 3.63) is 52.3 Å². The van der Waals surface area contributed by atoms with Crippen LogP contribution in [0.4, 0.5) is 10.1 Å². The van der Waals surface area contributed by atoms with E-state index in [0.29, 0.717) is 26.9 Å². The summed E-state index contributed by atoms with van der Waals surface area (Å²) < 4.78 is 13.6. The largest absolute Gasteiger partial charge is 0.398 e. The molecule has 0 unspecified atom stereocenters. The van der Waals surface area contributed by atoms with Crippen LogP contribution in [0.15, 0.2) is 36.4 Å². The maximum Gasteiger partial charge on any atom is 0.132 e. The molecule has 2 rings (SSSR count). The second-order valence-electron chi connectivity index (χ2n) is 3.36. The van der Waals surface area contributed by atoms with Crippen molar-refractivity contribution in [2.24, 2.45) is 0 Å². The minimum Gasteiger partial charge on any atom is -0.398 e. The zero-order valence-electron chi connectivity index (χ0n) is 8.18. The molecule has 0 aliphatic rings. The van der Waals surface area contributed by atoms with E-state index in [0.717, 1.165) is 0 Å². The summed E-state index contributed by atoms with van der Waals surface area (Å²) in [5, 5.41) is 0.773. The number of halogens is 3. The van der Waals surface area contributed by atoms with Crippen molar-refractivity contribution in [2.45, 2.75) is 0 Å². The van der Waals surface area contributed by atoms with E-state index in [1.165, 1.54) is 6.07 Å². The molecule has 0 radical (unpaired) electrons. The fourth-order valence-electron chi connectivity index (χ4n) is 1.42. The molecule has 4 heteroatoms. The minimum atomic E-state index is -0.381. The molecule has 0 aliphatic carbocycles. The third-order valence-corrected chi connectivity index (χ3v) is 2.81. The molecular weight excluding hydrogens is 248 g/mol. The highest BCUT2D eigenvalue weighted by atomic mass is 35.5. The fraction of sp³-hybridized carbons (Fsp3) is 0. The van der Waals surface area contributed by atoms with Crippen LogP contribution in [0.25, 0.3) is 11.1 Å². The van der Waals surface area contributed by atoms with Gasteiger partial charge in [-0.3, -0.25) is 0 Å². The first-order valence-corrected chi connectivity index (χ1v) is 5.34. The predicted molar refractivity (Wildman–Crippen MR) is 66.3 cm³/mol. The Morgan fingerprint density at radius 3 is 2.38 bits per heavy atom. The maximum absolute atomic E-state index is 13.6. The Kier molecular flexibility index (Phi) is 3.03. The van der Waals surface area contributed by atoms with E-state index < -0.39 is 0 Å². The molecule has 0 amide bonds. The Bertz CT molecular complexity index is 541. The molecule has 2 aromatic rings. The van der Waals surface area contributed by atoms with Crippen LogP contribution in [0.3, 0.4) is 0 Å². The van der Waals surface area contributed by atoms with Crippen molar-refractivity contribution in [1.29, 1.82) is 0 Å². The first-order valence-electron chi connectivity index (χ1n) is 4.58. The predicted octanol–water partition coefficient (Wildman–Crippen LogP) is 4.38. The van der Waals surface area contributed by atoms with Gasteiger partial charge in [-0.2, -0.15) is 0 Å². The van der Waals surface area contributed by atoms with E-state index >= 15 is 0 Å². The van der Waals surface area contributed by atoms with Gasteiger partial charge in [-0.1, -0.05) is 29.3 Å². The van der Waals surface area contributed by atoms with Gasteiger partial charge in [0.25, 0.3) is 0 Å². The average Bonchev–Trinajstić information content (AvgIpc) is 2.22. The van der Waals surface area contributed by atoms with Crippen LogP contribution < -0.4 is 5.73 Å². The summed E-state index contributed by atoms with van der Waals surface area (Å²) in [4.78, 5) is 0. The smallest absolute Gasteiger partial charge is 0.132 e. The van der Waals surface area contributed by atoms with Crippen LogP contribution in [-0.4, -0.2) is 0 Å². The molecule has 0 aromatic heterocycles. The first-order chi connectivity index (χ1) is 7.58. The van der Waals surface area contributed by atoms with E-state index in [1.807, 2.05) is 0 Å². The van der Waals surface area contributed by atoms with E-state index in [4.69, 9.17) is 28.9 Å².